The summed E-state index contributed by atoms with van der Waals surface area (Å²) in [6, 6.07) is 28.1. The van der Waals surface area contributed by atoms with Gasteiger partial charge in [-0.25, -0.2) is 19.4 Å². The molecular weight excluding hydrogens is 780 g/mol. The molecule has 59 heavy (non-hydrogen) atoms. The van der Waals surface area contributed by atoms with Crippen LogP contribution < -0.4 is 9.80 Å². The standard InChI is InChI=1S/C45H23ClN2O11/c46-35-18-13-29(21-36(35)48-41(53)32-17-12-28(20-34(32)43(48)55)38(50)23-3-7-26(8-4-23)45(58)59)39(51)24-9-14-30(15-10-24)47-40(52)31-16-11-27(19-33(31)42(47)54)37(49)22-1-5-25(6-2-22)44(56)57/h1-21H,(H,56,57)(H,58,59). The van der Waals surface area contributed by atoms with E-state index in [2.05, 4.69) is 0 Å². The largest absolute Gasteiger partial charge is 0.478 e. The van der Waals surface area contributed by atoms with E-state index in [4.69, 9.17) is 21.8 Å². The first-order valence-corrected chi connectivity index (χ1v) is 17.9. The van der Waals surface area contributed by atoms with Crippen molar-refractivity contribution in [2.75, 3.05) is 9.80 Å². The number of carbonyl (C=O) groups is 9. The molecule has 0 unspecified atom stereocenters. The van der Waals surface area contributed by atoms with Gasteiger partial charge >= 0.3 is 11.9 Å². The zero-order valence-corrected chi connectivity index (χ0v) is 30.7. The Morgan fingerprint density at radius 3 is 1.14 bits per heavy atom. The highest BCUT2D eigenvalue weighted by atomic mass is 35.5. The lowest BCUT2D eigenvalue weighted by Gasteiger charge is -2.17. The third kappa shape index (κ3) is 6.46. The van der Waals surface area contributed by atoms with Crippen molar-refractivity contribution in [1.82, 2.24) is 0 Å². The van der Waals surface area contributed by atoms with Gasteiger partial charge in [0.25, 0.3) is 23.6 Å². The van der Waals surface area contributed by atoms with Gasteiger partial charge in [0.05, 0.1) is 49.8 Å². The molecule has 6 aromatic carbocycles. The number of hydrogen-bond acceptors (Lipinski definition) is 9. The number of nitrogens with zero attached hydrogens (tertiary/aromatic N) is 2. The molecule has 286 valence electrons. The molecule has 0 aromatic heterocycles. The maximum atomic E-state index is 13.7. The molecule has 8 rings (SSSR count). The van der Waals surface area contributed by atoms with Crippen LogP contribution in [0.1, 0.15) is 110 Å². The second kappa shape index (κ2) is 14.4. The van der Waals surface area contributed by atoms with Crippen LogP contribution in [0, 0.1) is 0 Å². The summed E-state index contributed by atoms with van der Waals surface area (Å²) in [5.74, 6) is -6.72. The van der Waals surface area contributed by atoms with Gasteiger partial charge in [0.15, 0.2) is 17.3 Å². The fraction of sp³-hybridized carbons (Fsp3) is 0. The molecule has 0 atom stereocenters. The average molecular weight is 803 g/mol. The monoisotopic (exact) mass is 802 g/mol. The van der Waals surface area contributed by atoms with Gasteiger partial charge in [-0.05, 0) is 91.0 Å². The van der Waals surface area contributed by atoms with Crippen molar-refractivity contribution in [3.8, 4) is 0 Å². The summed E-state index contributed by atoms with van der Waals surface area (Å²) < 4.78 is 0. The first kappa shape index (κ1) is 37.7. The van der Waals surface area contributed by atoms with E-state index < -0.39 is 52.9 Å². The highest BCUT2D eigenvalue weighted by molar-refractivity contribution is 6.40. The molecule has 2 aliphatic heterocycles. The van der Waals surface area contributed by atoms with Crippen molar-refractivity contribution < 1.29 is 53.4 Å². The minimum atomic E-state index is -1.16. The molecule has 0 saturated carbocycles. The maximum Gasteiger partial charge on any atom is 0.335 e. The van der Waals surface area contributed by atoms with E-state index >= 15 is 0 Å². The molecule has 0 saturated heterocycles. The quantitative estimate of drug-likeness (QED) is 0.106. The van der Waals surface area contributed by atoms with E-state index in [1.54, 1.807) is 0 Å². The third-order valence-corrected chi connectivity index (χ3v) is 10.2. The Labute approximate surface area is 337 Å². The summed E-state index contributed by atoms with van der Waals surface area (Å²) in [7, 11) is 0. The molecule has 2 heterocycles. The molecule has 0 radical (unpaired) electrons. The van der Waals surface area contributed by atoms with Gasteiger partial charge in [-0.2, -0.15) is 0 Å². The van der Waals surface area contributed by atoms with Crippen molar-refractivity contribution in [2.45, 2.75) is 0 Å². The molecule has 0 aliphatic carbocycles. The topological polar surface area (TPSA) is 201 Å². The van der Waals surface area contributed by atoms with Crippen molar-refractivity contribution in [3.63, 3.8) is 0 Å². The predicted octanol–water partition coefficient (Wildman–Crippen LogP) is 7.03. The lowest BCUT2D eigenvalue weighted by Crippen LogP contribution is -2.30. The van der Waals surface area contributed by atoms with Crippen molar-refractivity contribution in [1.29, 1.82) is 0 Å². The minimum absolute atomic E-state index is 0.000540. The second-order valence-corrected chi connectivity index (χ2v) is 13.8. The van der Waals surface area contributed by atoms with Crippen LogP contribution in [0.15, 0.2) is 127 Å². The number of carboxylic acid groups (broad SMARTS) is 2. The lowest BCUT2D eigenvalue weighted by molar-refractivity contribution is 0.0686. The van der Waals surface area contributed by atoms with E-state index in [0.29, 0.717) is 0 Å². The number of carbonyl (C=O) groups excluding carboxylic acids is 7. The minimum Gasteiger partial charge on any atom is -0.478 e. The van der Waals surface area contributed by atoms with E-state index in [1.165, 1.54) is 127 Å². The lowest BCUT2D eigenvalue weighted by atomic mass is 9.98. The SMILES string of the molecule is O=C(O)c1ccc(C(=O)c2ccc3c(c2)C(=O)N(c2ccc(C(=O)c4ccc(Cl)c(N5C(=O)c6ccc(C(=O)c7ccc(C(=O)O)cc7)cc6C5=O)c4)cc2)C3=O)cc1. The van der Waals surface area contributed by atoms with E-state index in [1.807, 2.05) is 0 Å². The fourth-order valence-electron chi connectivity index (χ4n) is 6.83. The van der Waals surface area contributed by atoms with Gasteiger partial charge in [0, 0.05) is 33.4 Å². The molecule has 13 nitrogen and oxygen atoms in total. The van der Waals surface area contributed by atoms with E-state index in [-0.39, 0.29) is 83.2 Å². The Hall–Kier alpha value is -8.16. The highest BCUT2D eigenvalue weighted by Gasteiger charge is 2.39. The molecular formula is C45H23ClN2O11. The zero-order valence-electron chi connectivity index (χ0n) is 30.0. The molecule has 6 aromatic rings. The van der Waals surface area contributed by atoms with Crippen LogP contribution in [-0.2, 0) is 0 Å². The van der Waals surface area contributed by atoms with Crippen molar-refractivity contribution >= 4 is 75.9 Å². The number of imide groups is 2. The fourth-order valence-corrected chi connectivity index (χ4v) is 7.03. The van der Waals surface area contributed by atoms with Crippen LogP contribution in [0.25, 0.3) is 0 Å². The molecule has 0 bridgehead atoms. The van der Waals surface area contributed by atoms with Crippen LogP contribution in [0.5, 0.6) is 0 Å². The summed E-state index contributed by atoms with van der Waals surface area (Å²) in [6.07, 6.45) is 0. The Morgan fingerprint density at radius 1 is 0.373 bits per heavy atom. The molecule has 14 heteroatoms. The van der Waals surface area contributed by atoms with E-state index in [9.17, 15) is 43.2 Å². The Bertz CT molecular complexity index is 2920. The van der Waals surface area contributed by atoms with Crippen LogP contribution in [0.4, 0.5) is 11.4 Å². The first-order valence-electron chi connectivity index (χ1n) is 17.5. The number of benzene rings is 6. The predicted molar refractivity (Wildman–Crippen MR) is 210 cm³/mol. The van der Waals surface area contributed by atoms with Gasteiger partial charge in [0.2, 0.25) is 0 Å². The maximum absolute atomic E-state index is 13.7. The number of halogens is 1. The number of ketones is 3. The van der Waals surface area contributed by atoms with Gasteiger partial charge in [0.1, 0.15) is 0 Å². The van der Waals surface area contributed by atoms with Crippen LogP contribution in [0.3, 0.4) is 0 Å². The third-order valence-electron chi connectivity index (χ3n) is 9.92. The molecule has 0 fully saturated rings. The summed E-state index contributed by atoms with van der Waals surface area (Å²) in [5.41, 5.74) is 0.733. The van der Waals surface area contributed by atoms with Crippen LogP contribution in [0.2, 0.25) is 5.02 Å². The number of aromatic carboxylic acids is 2. The molecule has 2 aliphatic rings. The number of carboxylic acids is 2. The summed E-state index contributed by atoms with van der Waals surface area (Å²) in [5, 5.41) is 18.3. The number of amides is 4. The number of fused-ring (bicyclic) bond motifs is 2. The molecule has 4 amide bonds. The zero-order chi connectivity index (χ0) is 41.9. The first-order chi connectivity index (χ1) is 28.2. The van der Waals surface area contributed by atoms with Gasteiger partial charge < -0.3 is 10.2 Å². The van der Waals surface area contributed by atoms with Crippen molar-refractivity contribution in [3.05, 3.63) is 199 Å². The normalized spacial score (nSPS) is 13.0. The Morgan fingerprint density at radius 2 is 0.695 bits per heavy atom. The number of rotatable bonds is 10. The highest BCUT2D eigenvalue weighted by Crippen LogP contribution is 2.36. The van der Waals surface area contributed by atoms with Gasteiger partial charge in [-0.3, -0.25) is 33.6 Å². The summed E-state index contributed by atoms with van der Waals surface area (Å²) in [6.45, 7) is 0. The Kier molecular flexibility index (Phi) is 9.22. The van der Waals surface area contributed by atoms with Crippen LogP contribution in [-0.4, -0.2) is 63.1 Å². The second-order valence-electron chi connectivity index (χ2n) is 13.4. The summed E-state index contributed by atoms with van der Waals surface area (Å²) in [4.78, 5) is 118. The smallest absolute Gasteiger partial charge is 0.335 e. The number of hydrogen-bond donors (Lipinski definition) is 2. The number of anilines is 2. The average Bonchev–Trinajstić information content (AvgIpc) is 3.65. The molecule has 2 N–H and O–H groups in total. The van der Waals surface area contributed by atoms with Gasteiger partial charge in [-0.1, -0.05) is 48.0 Å². The Balaban J connectivity index is 1.00. The molecule has 0 spiro atoms. The summed E-state index contributed by atoms with van der Waals surface area (Å²) >= 11 is 6.47. The van der Waals surface area contributed by atoms with E-state index in [0.717, 1.165) is 9.80 Å². The van der Waals surface area contributed by atoms with Crippen LogP contribution >= 0.6 is 11.6 Å². The van der Waals surface area contributed by atoms with Gasteiger partial charge in [-0.15, -0.1) is 0 Å². The van der Waals surface area contributed by atoms with Crippen molar-refractivity contribution in [2.24, 2.45) is 0 Å².